The molecule has 35 heavy (non-hydrogen) atoms. The quantitative estimate of drug-likeness (QED) is 0.448. The Morgan fingerprint density at radius 1 is 1.00 bits per heavy atom. The molecule has 1 heterocycles. The molecule has 2 aromatic rings. The van der Waals surface area contributed by atoms with Gasteiger partial charge in [0.1, 0.15) is 12.7 Å². The lowest BCUT2D eigenvalue weighted by Gasteiger charge is -2.33. The van der Waals surface area contributed by atoms with Crippen molar-refractivity contribution in [3.63, 3.8) is 0 Å². The van der Waals surface area contributed by atoms with Crippen LogP contribution in [0.25, 0.3) is 0 Å². The summed E-state index contributed by atoms with van der Waals surface area (Å²) in [5, 5.41) is 12.3. The van der Waals surface area contributed by atoms with Gasteiger partial charge in [-0.15, -0.1) is 0 Å². The number of anilines is 2. The molecule has 1 aliphatic rings. The highest BCUT2D eigenvalue weighted by atomic mass is 35.5. The van der Waals surface area contributed by atoms with Crippen molar-refractivity contribution in [1.29, 1.82) is 0 Å². The van der Waals surface area contributed by atoms with Crippen molar-refractivity contribution in [2.24, 2.45) is 11.8 Å². The molecule has 0 aromatic heterocycles. The summed E-state index contributed by atoms with van der Waals surface area (Å²) in [5.74, 6) is -4.75. The minimum atomic E-state index is -1.52. The number of rotatable bonds is 9. The Labute approximate surface area is 216 Å². The Morgan fingerprint density at radius 3 is 2.29 bits per heavy atom. The highest BCUT2D eigenvalue weighted by Gasteiger charge is 2.34. The lowest BCUT2D eigenvalue weighted by Crippen LogP contribution is -2.47. The molecule has 2 atom stereocenters. The zero-order chi connectivity index (χ0) is 25.9. The summed E-state index contributed by atoms with van der Waals surface area (Å²) in [6.45, 7) is 2.04. The summed E-state index contributed by atoms with van der Waals surface area (Å²) in [6, 6.07) is 8.74. The number of halogens is 3. The van der Waals surface area contributed by atoms with Gasteiger partial charge in [-0.2, -0.15) is 0 Å². The highest BCUT2D eigenvalue weighted by Crippen LogP contribution is 2.50. The standard InChI is InChI=1S/C24H23Cl2FN2O5S/c1-12(2)15(24(34)28-16(10-23(32)33)19(30)11-27)9-22(31)29-17-5-3-14(26)8-21(17)35-20-6-4-13(25)7-18(20)29/h3-8,12,15-16H,9-11H2,1-2H3,(H,28,34)(H,32,33)/t15-,16?/m0/s1. The second-order valence-electron chi connectivity index (χ2n) is 8.37. The predicted molar refractivity (Wildman–Crippen MR) is 132 cm³/mol. The van der Waals surface area contributed by atoms with Crippen molar-refractivity contribution in [2.75, 3.05) is 11.6 Å². The number of aliphatic carboxylic acids is 1. The number of ketones is 1. The first-order valence-electron chi connectivity index (χ1n) is 10.7. The summed E-state index contributed by atoms with van der Waals surface area (Å²) in [6.07, 6.45) is -0.998. The molecular weight excluding hydrogens is 518 g/mol. The first-order chi connectivity index (χ1) is 16.5. The number of hydrogen-bond donors (Lipinski definition) is 2. The molecule has 0 bridgehead atoms. The number of alkyl halides is 1. The summed E-state index contributed by atoms with van der Waals surface area (Å²) >= 11 is 13.8. The maximum atomic E-state index is 13.6. The lowest BCUT2D eigenvalue weighted by atomic mass is 9.90. The normalized spacial score (nSPS) is 14.1. The topological polar surface area (TPSA) is 104 Å². The smallest absolute Gasteiger partial charge is 0.305 e. The van der Waals surface area contributed by atoms with Crippen molar-refractivity contribution < 1.29 is 28.7 Å². The van der Waals surface area contributed by atoms with Crippen LogP contribution in [0, 0.1) is 11.8 Å². The first-order valence-corrected chi connectivity index (χ1v) is 12.3. The molecule has 2 N–H and O–H groups in total. The summed E-state index contributed by atoms with van der Waals surface area (Å²) in [7, 11) is 0. The minimum absolute atomic E-state index is 0.244. The molecule has 11 heteroatoms. The van der Waals surface area contributed by atoms with Gasteiger partial charge in [-0.1, -0.05) is 48.8 Å². The highest BCUT2D eigenvalue weighted by molar-refractivity contribution is 7.99. The Morgan fingerprint density at radius 2 is 1.66 bits per heavy atom. The van der Waals surface area contributed by atoms with E-state index in [4.69, 9.17) is 28.3 Å². The van der Waals surface area contributed by atoms with Crippen molar-refractivity contribution >= 4 is 69.9 Å². The van der Waals surface area contributed by atoms with Gasteiger partial charge >= 0.3 is 5.97 Å². The van der Waals surface area contributed by atoms with Crippen LogP contribution < -0.4 is 10.2 Å². The van der Waals surface area contributed by atoms with Crippen LogP contribution in [0.5, 0.6) is 0 Å². The van der Waals surface area contributed by atoms with Crippen molar-refractivity contribution in [2.45, 2.75) is 42.5 Å². The van der Waals surface area contributed by atoms with E-state index in [1.807, 2.05) is 0 Å². The summed E-state index contributed by atoms with van der Waals surface area (Å²) in [4.78, 5) is 52.6. The van der Waals surface area contributed by atoms with Crippen molar-refractivity contribution in [3.8, 4) is 0 Å². The van der Waals surface area contributed by atoms with E-state index in [2.05, 4.69) is 5.32 Å². The lowest BCUT2D eigenvalue weighted by molar-refractivity contribution is -0.141. The molecule has 1 aliphatic heterocycles. The average molecular weight is 541 g/mol. The minimum Gasteiger partial charge on any atom is -0.481 e. The van der Waals surface area contributed by atoms with Crippen LogP contribution in [0.2, 0.25) is 10.0 Å². The largest absolute Gasteiger partial charge is 0.481 e. The molecule has 1 unspecified atom stereocenters. The van der Waals surface area contributed by atoms with Gasteiger partial charge in [0.2, 0.25) is 11.8 Å². The number of nitrogens with zero attached hydrogens (tertiary/aromatic N) is 1. The van der Waals surface area contributed by atoms with Crippen LogP contribution in [-0.4, -0.2) is 41.4 Å². The molecule has 0 radical (unpaired) electrons. The number of nitrogens with one attached hydrogen (secondary N) is 1. The first kappa shape index (κ1) is 27.0. The predicted octanol–water partition coefficient (Wildman–Crippen LogP) is 5.28. The zero-order valence-corrected chi connectivity index (χ0v) is 21.2. The van der Waals surface area contributed by atoms with Gasteiger partial charge in [0.05, 0.1) is 17.8 Å². The Bertz CT molecular complexity index is 1180. The third kappa shape index (κ3) is 6.34. The van der Waals surface area contributed by atoms with E-state index in [9.17, 15) is 23.6 Å². The number of fused-ring (bicyclic) bond motifs is 2. The van der Waals surface area contributed by atoms with Crippen LogP contribution in [0.4, 0.5) is 15.8 Å². The maximum absolute atomic E-state index is 13.6. The van der Waals surface area contributed by atoms with Gasteiger partial charge in [0, 0.05) is 32.2 Å². The summed E-state index contributed by atoms with van der Waals surface area (Å²) in [5.41, 5.74) is 1.14. The van der Waals surface area contributed by atoms with Gasteiger partial charge < -0.3 is 10.4 Å². The number of amides is 2. The molecule has 7 nitrogen and oxygen atoms in total. The van der Waals surface area contributed by atoms with E-state index in [0.717, 1.165) is 9.79 Å². The van der Waals surface area contributed by atoms with Gasteiger partial charge in [-0.05, 0) is 42.3 Å². The third-order valence-electron chi connectivity index (χ3n) is 5.55. The van der Waals surface area contributed by atoms with Gasteiger partial charge in [0.15, 0.2) is 5.78 Å². The van der Waals surface area contributed by atoms with Crippen LogP contribution >= 0.6 is 35.0 Å². The molecule has 0 spiro atoms. The number of benzene rings is 2. The van der Waals surface area contributed by atoms with Gasteiger partial charge in [-0.25, -0.2) is 4.39 Å². The summed E-state index contributed by atoms with van der Waals surface area (Å²) < 4.78 is 12.9. The Hall–Kier alpha value is -2.62. The van der Waals surface area contributed by atoms with E-state index >= 15 is 0 Å². The SMILES string of the molecule is CC(C)[C@H](CC(=O)N1c2ccc(Cl)cc2Sc2ccc(Cl)cc21)C(=O)NC(CC(=O)O)C(=O)CF. The van der Waals surface area contributed by atoms with Crippen molar-refractivity contribution in [1.82, 2.24) is 5.32 Å². The van der Waals surface area contributed by atoms with Gasteiger partial charge in [-0.3, -0.25) is 24.1 Å². The number of carboxylic acid groups (broad SMARTS) is 1. The zero-order valence-electron chi connectivity index (χ0n) is 18.9. The maximum Gasteiger partial charge on any atom is 0.305 e. The molecule has 2 aromatic carbocycles. The molecule has 0 aliphatic carbocycles. The van der Waals surface area contributed by atoms with Crippen LogP contribution in [0.1, 0.15) is 26.7 Å². The Kier molecular flexibility index (Phi) is 8.79. The number of carbonyl (C=O) groups excluding carboxylic acids is 3. The van der Waals surface area contributed by atoms with E-state index in [0.29, 0.717) is 21.4 Å². The molecule has 2 amide bonds. The Balaban J connectivity index is 1.91. The fourth-order valence-electron chi connectivity index (χ4n) is 3.73. The van der Waals surface area contributed by atoms with E-state index in [1.54, 1.807) is 50.2 Å². The van der Waals surface area contributed by atoms with E-state index < -0.39 is 48.6 Å². The molecule has 0 saturated heterocycles. The third-order valence-corrected chi connectivity index (χ3v) is 7.13. The van der Waals surface area contributed by atoms with E-state index in [-0.39, 0.29) is 12.3 Å². The monoisotopic (exact) mass is 540 g/mol. The van der Waals surface area contributed by atoms with E-state index in [1.165, 1.54) is 16.7 Å². The number of carboxylic acids is 1. The number of carbonyl (C=O) groups is 4. The molecule has 186 valence electrons. The molecule has 3 rings (SSSR count). The second-order valence-corrected chi connectivity index (χ2v) is 10.3. The van der Waals surface area contributed by atoms with Crippen LogP contribution in [-0.2, 0) is 19.2 Å². The second kappa shape index (κ2) is 11.4. The number of Topliss-reactive ketones (excluding diaryl/α,β-unsaturated/α-hetero) is 1. The van der Waals surface area contributed by atoms with Crippen molar-refractivity contribution in [3.05, 3.63) is 46.4 Å². The molecule has 0 fully saturated rings. The fraction of sp³-hybridized carbons (Fsp3) is 0.333. The number of hydrogen-bond acceptors (Lipinski definition) is 5. The fourth-order valence-corrected chi connectivity index (χ4v) is 5.21. The average Bonchev–Trinajstić information content (AvgIpc) is 2.79. The molecule has 0 saturated carbocycles. The molecular formula is C24H23Cl2FN2O5S. The van der Waals surface area contributed by atoms with Crippen LogP contribution in [0.3, 0.4) is 0 Å². The van der Waals surface area contributed by atoms with Gasteiger partial charge in [0.25, 0.3) is 0 Å². The van der Waals surface area contributed by atoms with Crippen LogP contribution in [0.15, 0.2) is 46.2 Å².